The number of guanidine groups is 1. The third-order valence-corrected chi connectivity index (χ3v) is 5.98. The van der Waals surface area contributed by atoms with Gasteiger partial charge in [0.05, 0.1) is 0 Å². The predicted molar refractivity (Wildman–Crippen MR) is 125 cm³/mol. The molecule has 1 aliphatic rings. The van der Waals surface area contributed by atoms with Gasteiger partial charge < -0.3 is 15.0 Å². The van der Waals surface area contributed by atoms with E-state index in [9.17, 15) is 0 Å². The van der Waals surface area contributed by atoms with E-state index in [0.717, 1.165) is 43.2 Å². The van der Waals surface area contributed by atoms with Crippen molar-refractivity contribution in [1.82, 2.24) is 10.2 Å². The van der Waals surface area contributed by atoms with Crippen LogP contribution in [0, 0.1) is 5.92 Å². The highest BCUT2D eigenvalue weighted by Gasteiger charge is 2.16. The summed E-state index contributed by atoms with van der Waals surface area (Å²) >= 11 is 7.95. The molecular formula is C19H31ClIN3OS. The molecule has 1 heterocycles. The lowest BCUT2D eigenvalue weighted by atomic mass is 9.96. The summed E-state index contributed by atoms with van der Waals surface area (Å²) in [5.74, 6) is 1.73. The Morgan fingerprint density at radius 2 is 2.15 bits per heavy atom. The van der Waals surface area contributed by atoms with Crippen LogP contribution >= 0.6 is 47.3 Å². The van der Waals surface area contributed by atoms with Crippen molar-refractivity contribution in [2.24, 2.45) is 10.9 Å². The van der Waals surface area contributed by atoms with E-state index in [1.54, 1.807) is 0 Å². The van der Waals surface area contributed by atoms with Gasteiger partial charge in [-0.15, -0.1) is 24.0 Å². The molecule has 1 fully saturated rings. The second-order valence-corrected chi connectivity index (χ2v) is 7.95. The molecule has 0 spiro atoms. The summed E-state index contributed by atoms with van der Waals surface area (Å²) in [4.78, 5) is 6.67. The maximum Gasteiger partial charge on any atom is 0.193 e. The molecule has 7 heteroatoms. The summed E-state index contributed by atoms with van der Waals surface area (Å²) in [6.45, 7) is 3.67. The second kappa shape index (κ2) is 13.1. The van der Waals surface area contributed by atoms with Crippen molar-refractivity contribution in [2.45, 2.75) is 24.5 Å². The number of benzene rings is 1. The van der Waals surface area contributed by atoms with E-state index in [2.05, 4.69) is 34.6 Å². The van der Waals surface area contributed by atoms with Gasteiger partial charge in [-0.05, 0) is 49.1 Å². The van der Waals surface area contributed by atoms with Crippen molar-refractivity contribution in [3.05, 3.63) is 34.9 Å². The maximum atomic E-state index is 6.13. The second-order valence-electron chi connectivity index (χ2n) is 6.47. The minimum atomic E-state index is 0. The molecule has 0 radical (unpaired) electrons. The number of aliphatic imine (C=N–C) groups is 1. The van der Waals surface area contributed by atoms with Crippen LogP contribution in [0.5, 0.6) is 0 Å². The third-order valence-electron chi connectivity index (χ3n) is 4.74. The summed E-state index contributed by atoms with van der Waals surface area (Å²) in [6.07, 6.45) is 5.69. The quantitative estimate of drug-likeness (QED) is 0.327. The monoisotopic (exact) mass is 511 g/mol. The topological polar surface area (TPSA) is 36.9 Å². The number of hydrogen-bond acceptors (Lipinski definition) is 3. The Morgan fingerprint density at radius 3 is 2.77 bits per heavy atom. The fraction of sp³-hybridized carbons (Fsp3) is 0.632. The lowest BCUT2D eigenvalue weighted by Crippen LogP contribution is -2.41. The average molecular weight is 512 g/mol. The lowest BCUT2D eigenvalue weighted by molar-refractivity contribution is 0.0625. The normalized spacial score (nSPS) is 16.7. The Kier molecular flexibility index (Phi) is 12.0. The number of rotatable bonds is 7. The van der Waals surface area contributed by atoms with Crippen molar-refractivity contribution in [1.29, 1.82) is 0 Å². The van der Waals surface area contributed by atoms with Gasteiger partial charge in [0.15, 0.2) is 5.96 Å². The van der Waals surface area contributed by atoms with Crippen molar-refractivity contribution in [3.8, 4) is 0 Å². The molecule has 1 N–H and O–H groups in total. The van der Waals surface area contributed by atoms with E-state index in [1.165, 1.54) is 24.8 Å². The Morgan fingerprint density at radius 1 is 1.42 bits per heavy atom. The first-order chi connectivity index (χ1) is 12.1. The van der Waals surface area contributed by atoms with Gasteiger partial charge in [-0.2, -0.15) is 11.8 Å². The SMILES string of the molecule is CN=C(NCC(SC)c1cccc(Cl)c1)N(C)CCC1CCOCC1.I. The molecule has 0 saturated carbocycles. The summed E-state index contributed by atoms with van der Waals surface area (Å²) in [5, 5.41) is 4.65. The zero-order chi connectivity index (χ0) is 18.1. The van der Waals surface area contributed by atoms with Crippen LogP contribution in [0.25, 0.3) is 0 Å². The highest BCUT2D eigenvalue weighted by molar-refractivity contribution is 14.0. The van der Waals surface area contributed by atoms with E-state index in [0.29, 0.717) is 5.25 Å². The fourth-order valence-corrected chi connectivity index (χ4v) is 4.00. The zero-order valence-electron chi connectivity index (χ0n) is 15.9. The molecule has 1 unspecified atom stereocenters. The Hall–Kier alpha value is -0.180. The van der Waals surface area contributed by atoms with Gasteiger partial charge in [-0.25, -0.2) is 0 Å². The molecule has 4 nitrogen and oxygen atoms in total. The van der Waals surface area contributed by atoms with Crippen LogP contribution in [-0.4, -0.2) is 57.5 Å². The molecule has 0 aliphatic carbocycles. The molecule has 148 valence electrons. The van der Waals surface area contributed by atoms with E-state index in [1.807, 2.05) is 37.0 Å². The number of thioether (sulfide) groups is 1. The molecule has 1 saturated heterocycles. The molecule has 1 aromatic rings. The van der Waals surface area contributed by atoms with Gasteiger partial charge >= 0.3 is 0 Å². The first-order valence-corrected chi connectivity index (χ1v) is 10.6. The van der Waals surface area contributed by atoms with Crippen LogP contribution in [0.15, 0.2) is 29.3 Å². The van der Waals surface area contributed by atoms with E-state index in [-0.39, 0.29) is 24.0 Å². The standard InChI is InChI=1S/C19H30ClN3OS.HI/c1-21-19(23(2)10-7-15-8-11-24-12-9-15)22-14-18(25-3)16-5-4-6-17(20)13-16;/h4-6,13,15,18H,7-12,14H2,1-3H3,(H,21,22);1H. The molecule has 0 bridgehead atoms. The Balaban J connectivity index is 0.00000338. The first kappa shape index (κ1) is 23.9. The van der Waals surface area contributed by atoms with Crippen LogP contribution in [0.2, 0.25) is 5.02 Å². The highest BCUT2D eigenvalue weighted by Crippen LogP contribution is 2.27. The van der Waals surface area contributed by atoms with Gasteiger partial charge in [0.1, 0.15) is 0 Å². The zero-order valence-corrected chi connectivity index (χ0v) is 19.8. The minimum Gasteiger partial charge on any atom is -0.381 e. The van der Waals surface area contributed by atoms with E-state index < -0.39 is 0 Å². The van der Waals surface area contributed by atoms with Gasteiger partial charge in [0.25, 0.3) is 0 Å². The van der Waals surface area contributed by atoms with Gasteiger partial charge in [-0.3, -0.25) is 4.99 Å². The Bertz CT molecular complexity index is 555. The van der Waals surface area contributed by atoms with Gasteiger partial charge in [-0.1, -0.05) is 23.7 Å². The highest BCUT2D eigenvalue weighted by atomic mass is 127. The predicted octanol–water partition coefficient (Wildman–Crippen LogP) is 4.69. The molecule has 2 rings (SSSR count). The molecule has 0 amide bonds. The van der Waals surface area contributed by atoms with Crippen LogP contribution in [0.1, 0.15) is 30.1 Å². The van der Waals surface area contributed by atoms with Crippen LogP contribution in [-0.2, 0) is 4.74 Å². The van der Waals surface area contributed by atoms with Crippen molar-refractivity contribution < 1.29 is 4.74 Å². The molecular weight excluding hydrogens is 481 g/mol. The summed E-state index contributed by atoms with van der Waals surface area (Å²) in [6, 6.07) is 8.10. The van der Waals surface area contributed by atoms with Crippen molar-refractivity contribution >= 4 is 53.3 Å². The number of nitrogens with one attached hydrogen (secondary N) is 1. The molecule has 0 aromatic heterocycles. The summed E-state index contributed by atoms with van der Waals surface area (Å²) in [5.41, 5.74) is 1.24. The number of nitrogens with zero attached hydrogens (tertiary/aromatic N) is 2. The largest absolute Gasteiger partial charge is 0.381 e. The molecule has 1 aliphatic heterocycles. The number of hydrogen-bond donors (Lipinski definition) is 1. The average Bonchev–Trinajstić information content (AvgIpc) is 2.64. The smallest absolute Gasteiger partial charge is 0.193 e. The summed E-state index contributed by atoms with van der Waals surface area (Å²) < 4.78 is 5.44. The van der Waals surface area contributed by atoms with Crippen molar-refractivity contribution in [3.63, 3.8) is 0 Å². The number of ether oxygens (including phenoxy) is 1. The molecule has 26 heavy (non-hydrogen) atoms. The first-order valence-electron chi connectivity index (χ1n) is 8.91. The van der Waals surface area contributed by atoms with Gasteiger partial charge in [0.2, 0.25) is 0 Å². The maximum absolute atomic E-state index is 6.13. The van der Waals surface area contributed by atoms with Crippen LogP contribution in [0.4, 0.5) is 0 Å². The Labute approximate surface area is 184 Å². The number of halogens is 2. The van der Waals surface area contributed by atoms with Crippen molar-refractivity contribution in [2.75, 3.05) is 46.7 Å². The molecule has 1 atom stereocenters. The van der Waals surface area contributed by atoms with E-state index >= 15 is 0 Å². The third kappa shape index (κ3) is 7.82. The van der Waals surface area contributed by atoms with Crippen LogP contribution in [0.3, 0.4) is 0 Å². The van der Waals surface area contributed by atoms with E-state index in [4.69, 9.17) is 16.3 Å². The lowest BCUT2D eigenvalue weighted by Gasteiger charge is -2.27. The van der Waals surface area contributed by atoms with Crippen LogP contribution < -0.4 is 5.32 Å². The minimum absolute atomic E-state index is 0. The fourth-order valence-electron chi connectivity index (χ4n) is 3.13. The molecule has 1 aromatic carbocycles. The summed E-state index contributed by atoms with van der Waals surface area (Å²) in [7, 11) is 3.96. The van der Waals surface area contributed by atoms with Gasteiger partial charge in [0, 0.05) is 50.7 Å².